The van der Waals surface area contributed by atoms with Gasteiger partial charge in [0, 0.05) is 7.11 Å². The van der Waals surface area contributed by atoms with Gasteiger partial charge >= 0.3 is 23.1 Å². The van der Waals surface area contributed by atoms with Gasteiger partial charge in [-0.05, 0) is 0 Å². The van der Waals surface area contributed by atoms with Crippen molar-refractivity contribution in [1.82, 2.24) is 0 Å². The summed E-state index contributed by atoms with van der Waals surface area (Å²) in [7, 11) is 3.10. The Bertz CT molecular complexity index is 15.5. The number of hydroxylamine groups is 1. The van der Waals surface area contributed by atoms with E-state index in [1.807, 2.05) is 0 Å². The van der Waals surface area contributed by atoms with Crippen LogP contribution in [0.4, 0.5) is 0 Å². The summed E-state index contributed by atoms with van der Waals surface area (Å²) in [6, 6.07) is 0. The Morgan fingerprint density at radius 3 is 1.67 bits per heavy atom. The number of halogens is 1. The van der Waals surface area contributed by atoms with Crippen molar-refractivity contribution in [3.63, 3.8) is 0 Å². The van der Waals surface area contributed by atoms with Gasteiger partial charge in [-0.25, -0.2) is 0 Å². The van der Waals surface area contributed by atoms with Gasteiger partial charge < -0.3 is 22.7 Å². The summed E-state index contributed by atoms with van der Waals surface area (Å²) >= 11 is 0. The monoisotopic (exact) mass is 119 g/mol. The molecule has 0 aromatic carbocycles. The summed E-state index contributed by atoms with van der Waals surface area (Å²) < 4.78 is 0. The van der Waals surface area contributed by atoms with Crippen LogP contribution in [0.1, 0.15) is 0 Å². The van der Waals surface area contributed by atoms with Gasteiger partial charge in [0.2, 0.25) is 0 Å². The molecule has 0 amide bonds. The van der Waals surface area contributed by atoms with Crippen molar-refractivity contribution >= 4 is 23.1 Å². The molecule has 0 aromatic rings. The second kappa shape index (κ2) is 16.7. The third-order valence-electron chi connectivity index (χ3n) is 0.183. The fraction of sp³-hybridized carbons (Fsp3) is 1.00. The van der Waals surface area contributed by atoms with Gasteiger partial charge in [0.15, 0.2) is 0 Å². The normalized spacial score (nSPS) is 5.00. The van der Waals surface area contributed by atoms with Crippen LogP contribution in [-0.2, 0) is 4.84 Å². The van der Waals surface area contributed by atoms with E-state index in [1.54, 1.807) is 7.05 Å². The molecule has 0 N–H and O–H groups in total. The van der Waals surface area contributed by atoms with E-state index in [2.05, 4.69) is 10.3 Å². The number of hydrogen-bond acceptors (Lipinski definition) is 1. The Labute approximate surface area is 60.1 Å². The molecular formula is C2H6ClMgNO. The van der Waals surface area contributed by atoms with E-state index in [4.69, 9.17) is 0 Å². The molecule has 0 rings (SSSR count). The average Bonchev–Trinajstić information content (AvgIpc) is 1.37. The summed E-state index contributed by atoms with van der Waals surface area (Å²) in [6.45, 7) is 0. The van der Waals surface area contributed by atoms with Gasteiger partial charge in [-0.15, -0.1) is 7.05 Å². The van der Waals surface area contributed by atoms with E-state index in [-0.39, 0.29) is 35.5 Å². The number of nitrogens with zero attached hydrogens (tertiary/aromatic N) is 1. The molecular weight excluding hydrogens is 114 g/mol. The molecule has 0 aromatic heterocycles. The molecule has 0 atom stereocenters. The zero-order chi connectivity index (χ0) is 3.41. The maximum Gasteiger partial charge on any atom is 2.00 e. The van der Waals surface area contributed by atoms with Crippen molar-refractivity contribution in [3.8, 4) is 0 Å². The van der Waals surface area contributed by atoms with Gasteiger partial charge in [0.1, 0.15) is 0 Å². The van der Waals surface area contributed by atoms with Crippen LogP contribution in [0.15, 0.2) is 0 Å². The molecule has 0 bridgehead atoms. The molecule has 2 nitrogen and oxygen atoms in total. The first-order valence-corrected chi connectivity index (χ1v) is 1.04. The molecule has 0 saturated heterocycles. The Morgan fingerprint density at radius 1 is 1.50 bits per heavy atom. The molecule has 0 aliphatic rings. The van der Waals surface area contributed by atoms with Crippen molar-refractivity contribution < 1.29 is 17.2 Å². The van der Waals surface area contributed by atoms with Crippen molar-refractivity contribution in [1.29, 1.82) is 0 Å². The van der Waals surface area contributed by atoms with Gasteiger partial charge in [-0.3, -0.25) is 0 Å². The molecule has 6 heavy (non-hydrogen) atoms. The van der Waals surface area contributed by atoms with Crippen LogP contribution in [-0.4, -0.2) is 37.2 Å². The second-order valence-electron chi connectivity index (χ2n) is 0.365. The largest absolute Gasteiger partial charge is 2.00 e. The van der Waals surface area contributed by atoms with Gasteiger partial charge in [-0.2, -0.15) is 0 Å². The summed E-state index contributed by atoms with van der Waals surface area (Å²) in [4.78, 5) is 4.17. The fourth-order valence-electron chi connectivity index (χ4n) is 0. The van der Waals surface area contributed by atoms with Gasteiger partial charge in [-0.1, -0.05) is 0 Å². The molecule has 4 heteroatoms. The molecule has 0 aliphatic carbocycles. The minimum Gasteiger partial charge on any atom is -1.00 e. The van der Waals surface area contributed by atoms with Crippen LogP contribution in [0.5, 0.6) is 0 Å². The predicted octanol–water partition coefficient (Wildman–Crippen LogP) is -2.83. The molecule has 0 fully saturated rings. The van der Waals surface area contributed by atoms with Crippen LogP contribution >= 0.6 is 0 Å². The molecule has 0 unspecified atom stereocenters. The topological polar surface area (TPSA) is 23.3 Å². The first-order chi connectivity index (χ1) is 1.91. The minimum absolute atomic E-state index is 0. The van der Waals surface area contributed by atoms with Gasteiger partial charge in [0.25, 0.3) is 0 Å². The van der Waals surface area contributed by atoms with Crippen molar-refractivity contribution in [2.24, 2.45) is 0 Å². The summed E-state index contributed by atoms with van der Waals surface area (Å²) in [5.74, 6) is 0. The Morgan fingerprint density at radius 2 is 1.67 bits per heavy atom. The maximum atomic E-state index is 4.17. The zero-order valence-corrected chi connectivity index (χ0v) is 6.11. The first-order valence-electron chi connectivity index (χ1n) is 1.04. The summed E-state index contributed by atoms with van der Waals surface area (Å²) in [6.07, 6.45) is 0. The third-order valence-corrected chi connectivity index (χ3v) is 0.183. The number of hydrogen-bond donors (Lipinski definition) is 0. The molecule has 0 radical (unpaired) electrons. The quantitative estimate of drug-likeness (QED) is 0.270. The SMILES string of the molecule is C[N-]OC.[Cl-].[Mg+2]. The zero-order valence-electron chi connectivity index (χ0n) is 3.94. The number of rotatable bonds is 1. The summed E-state index contributed by atoms with van der Waals surface area (Å²) in [5, 5.41) is 0. The van der Waals surface area contributed by atoms with Crippen LogP contribution in [0, 0.1) is 0 Å². The van der Waals surface area contributed by atoms with E-state index in [0.717, 1.165) is 0 Å². The van der Waals surface area contributed by atoms with Crippen molar-refractivity contribution in [3.05, 3.63) is 5.48 Å². The molecule has 0 saturated carbocycles. The predicted molar refractivity (Wildman–Crippen MR) is 22.0 cm³/mol. The summed E-state index contributed by atoms with van der Waals surface area (Å²) in [5.41, 5.74) is 3.24. The maximum absolute atomic E-state index is 4.17. The smallest absolute Gasteiger partial charge is 1.00 e. The molecule has 0 heterocycles. The van der Waals surface area contributed by atoms with Crippen LogP contribution in [0.3, 0.4) is 0 Å². The van der Waals surface area contributed by atoms with E-state index in [0.29, 0.717) is 0 Å². The Kier molecular flexibility index (Phi) is 43.9. The van der Waals surface area contributed by atoms with E-state index < -0.39 is 0 Å². The van der Waals surface area contributed by atoms with Gasteiger partial charge in [0.05, 0.1) is 0 Å². The minimum atomic E-state index is 0. The average molecular weight is 120 g/mol. The molecule has 0 spiro atoms. The molecule has 34 valence electrons. The van der Waals surface area contributed by atoms with Crippen LogP contribution in [0.2, 0.25) is 0 Å². The first kappa shape index (κ1) is 15.8. The standard InChI is InChI=1S/C2H6NO.ClH.Mg/c1-3-4-2;;/h1-2H3;1H;/q-1;;+2/p-1. The van der Waals surface area contributed by atoms with E-state index in [1.165, 1.54) is 7.11 Å². The van der Waals surface area contributed by atoms with E-state index >= 15 is 0 Å². The van der Waals surface area contributed by atoms with Crippen LogP contribution < -0.4 is 12.4 Å². The van der Waals surface area contributed by atoms with Crippen molar-refractivity contribution in [2.75, 3.05) is 14.2 Å². The Balaban J connectivity index is -0.0000000450. The Hall–Kier alpha value is 0.976. The van der Waals surface area contributed by atoms with Crippen LogP contribution in [0.25, 0.3) is 5.48 Å². The molecule has 0 aliphatic heterocycles. The van der Waals surface area contributed by atoms with Crippen molar-refractivity contribution in [2.45, 2.75) is 0 Å². The third kappa shape index (κ3) is 20.1. The second-order valence-corrected chi connectivity index (χ2v) is 0.365. The fourth-order valence-corrected chi connectivity index (χ4v) is 0. The van der Waals surface area contributed by atoms with E-state index in [9.17, 15) is 0 Å².